The lowest BCUT2D eigenvalue weighted by atomic mass is 9.86. The van der Waals surface area contributed by atoms with E-state index in [2.05, 4.69) is 19.0 Å². The highest BCUT2D eigenvalue weighted by Crippen LogP contribution is 2.21. The van der Waals surface area contributed by atoms with Crippen molar-refractivity contribution >= 4 is 5.91 Å². The number of piperidine rings is 1. The average Bonchev–Trinajstić information content (AvgIpc) is 2.26. The molecule has 2 atom stereocenters. The molecule has 0 aromatic heterocycles. The SMILES string of the molecule is CN(C)C1CCCN(C(=O)C(N)C(C)(C)C)C1. The van der Waals surface area contributed by atoms with Gasteiger partial charge in [0.15, 0.2) is 0 Å². The molecule has 1 heterocycles. The van der Waals surface area contributed by atoms with E-state index in [1.165, 1.54) is 6.42 Å². The molecular weight excluding hydrogens is 214 g/mol. The zero-order valence-electron chi connectivity index (χ0n) is 11.9. The van der Waals surface area contributed by atoms with Crippen LogP contribution in [0.4, 0.5) is 0 Å². The second-order valence-electron chi connectivity index (χ2n) is 6.39. The summed E-state index contributed by atoms with van der Waals surface area (Å²) in [6.07, 6.45) is 2.24. The molecule has 1 aliphatic rings. The van der Waals surface area contributed by atoms with Gasteiger partial charge in [-0.2, -0.15) is 0 Å². The maximum atomic E-state index is 12.3. The summed E-state index contributed by atoms with van der Waals surface area (Å²) in [6, 6.07) is 0.0725. The molecule has 1 aliphatic heterocycles. The number of hydrogen-bond donors (Lipinski definition) is 1. The fourth-order valence-electron chi connectivity index (χ4n) is 2.14. The third kappa shape index (κ3) is 3.68. The summed E-state index contributed by atoms with van der Waals surface area (Å²) in [7, 11) is 4.14. The Labute approximate surface area is 105 Å². The second kappa shape index (κ2) is 5.36. The molecule has 0 aromatic rings. The molecule has 4 nitrogen and oxygen atoms in total. The first-order valence-corrected chi connectivity index (χ1v) is 6.44. The first-order chi connectivity index (χ1) is 7.73. The number of likely N-dealkylation sites (tertiary alicyclic amines) is 1. The largest absolute Gasteiger partial charge is 0.340 e. The van der Waals surface area contributed by atoms with Crippen molar-refractivity contribution in [3.05, 3.63) is 0 Å². The Kier molecular flexibility index (Phi) is 4.55. The lowest BCUT2D eigenvalue weighted by molar-refractivity contribution is -0.136. The van der Waals surface area contributed by atoms with E-state index in [-0.39, 0.29) is 11.3 Å². The van der Waals surface area contributed by atoms with Crippen LogP contribution in [0.1, 0.15) is 33.6 Å². The van der Waals surface area contributed by atoms with Gasteiger partial charge in [-0.1, -0.05) is 20.8 Å². The number of nitrogens with two attached hydrogens (primary N) is 1. The highest BCUT2D eigenvalue weighted by molar-refractivity contribution is 5.82. The summed E-state index contributed by atoms with van der Waals surface area (Å²) < 4.78 is 0. The lowest BCUT2D eigenvalue weighted by Crippen LogP contribution is -2.55. The Morgan fingerprint density at radius 2 is 2.00 bits per heavy atom. The molecule has 1 saturated heterocycles. The van der Waals surface area contributed by atoms with Gasteiger partial charge in [-0.15, -0.1) is 0 Å². The van der Waals surface area contributed by atoms with Crippen LogP contribution in [0.15, 0.2) is 0 Å². The van der Waals surface area contributed by atoms with Crippen molar-refractivity contribution in [2.24, 2.45) is 11.1 Å². The number of amides is 1. The fourth-order valence-corrected chi connectivity index (χ4v) is 2.14. The van der Waals surface area contributed by atoms with E-state index in [1.807, 2.05) is 25.7 Å². The zero-order valence-corrected chi connectivity index (χ0v) is 11.9. The molecule has 1 amide bonds. The maximum Gasteiger partial charge on any atom is 0.240 e. The summed E-state index contributed by atoms with van der Waals surface area (Å²) in [6.45, 7) is 7.72. The highest BCUT2D eigenvalue weighted by Gasteiger charge is 2.33. The normalized spacial score (nSPS) is 23.9. The molecule has 2 unspecified atom stereocenters. The Balaban J connectivity index is 2.64. The molecule has 2 N–H and O–H groups in total. The summed E-state index contributed by atoms with van der Waals surface area (Å²) in [5.41, 5.74) is 5.88. The van der Waals surface area contributed by atoms with Crippen LogP contribution >= 0.6 is 0 Å². The zero-order chi connectivity index (χ0) is 13.2. The third-order valence-electron chi connectivity index (χ3n) is 3.64. The highest BCUT2D eigenvalue weighted by atomic mass is 16.2. The molecule has 0 radical (unpaired) electrons. The molecular formula is C13H27N3O. The summed E-state index contributed by atoms with van der Waals surface area (Å²) >= 11 is 0. The smallest absolute Gasteiger partial charge is 0.240 e. The molecule has 0 saturated carbocycles. The van der Waals surface area contributed by atoms with Gasteiger partial charge < -0.3 is 15.5 Å². The van der Waals surface area contributed by atoms with E-state index in [0.29, 0.717) is 6.04 Å². The minimum atomic E-state index is -0.400. The van der Waals surface area contributed by atoms with Gasteiger partial charge in [-0.05, 0) is 32.4 Å². The standard InChI is InChI=1S/C13H27N3O/c1-13(2,3)11(14)12(17)16-8-6-7-10(9-16)15(4)5/h10-11H,6-9,14H2,1-5H3. The van der Waals surface area contributed by atoms with Gasteiger partial charge in [0.2, 0.25) is 5.91 Å². The predicted octanol–water partition coefficient (Wildman–Crippen LogP) is 0.912. The molecule has 0 spiro atoms. The Hall–Kier alpha value is -0.610. The number of carbonyl (C=O) groups excluding carboxylic acids is 1. The van der Waals surface area contributed by atoms with Crippen LogP contribution in [0.3, 0.4) is 0 Å². The van der Waals surface area contributed by atoms with E-state index in [9.17, 15) is 4.79 Å². The van der Waals surface area contributed by atoms with Gasteiger partial charge in [0, 0.05) is 19.1 Å². The van der Waals surface area contributed by atoms with Crippen molar-refractivity contribution in [1.82, 2.24) is 9.80 Å². The summed E-state index contributed by atoms with van der Waals surface area (Å²) in [5, 5.41) is 0. The van der Waals surface area contributed by atoms with Crippen LogP contribution in [0.2, 0.25) is 0 Å². The van der Waals surface area contributed by atoms with Gasteiger partial charge >= 0.3 is 0 Å². The van der Waals surface area contributed by atoms with Crippen LogP contribution in [0.5, 0.6) is 0 Å². The molecule has 100 valence electrons. The van der Waals surface area contributed by atoms with E-state index in [0.717, 1.165) is 19.5 Å². The lowest BCUT2D eigenvalue weighted by Gasteiger charge is -2.39. The maximum absolute atomic E-state index is 12.3. The number of rotatable bonds is 2. The Bertz CT molecular complexity index is 270. The summed E-state index contributed by atoms with van der Waals surface area (Å²) in [4.78, 5) is 16.4. The number of hydrogen-bond acceptors (Lipinski definition) is 3. The van der Waals surface area contributed by atoms with Gasteiger partial charge in [0.1, 0.15) is 0 Å². The van der Waals surface area contributed by atoms with Crippen molar-refractivity contribution in [3.63, 3.8) is 0 Å². The van der Waals surface area contributed by atoms with Crippen molar-refractivity contribution in [1.29, 1.82) is 0 Å². The second-order valence-corrected chi connectivity index (χ2v) is 6.39. The first-order valence-electron chi connectivity index (χ1n) is 6.44. The first kappa shape index (κ1) is 14.5. The van der Waals surface area contributed by atoms with Crippen LogP contribution in [0.25, 0.3) is 0 Å². The van der Waals surface area contributed by atoms with Crippen LogP contribution in [-0.2, 0) is 4.79 Å². The van der Waals surface area contributed by atoms with Gasteiger partial charge in [0.25, 0.3) is 0 Å². The van der Waals surface area contributed by atoms with Crippen molar-refractivity contribution in [2.45, 2.75) is 45.7 Å². The Morgan fingerprint density at radius 3 is 2.47 bits per heavy atom. The van der Waals surface area contributed by atoms with Crippen molar-refractivity contribution < 1.29 is 4.79 Å². The van der Waals surface area contributed by atoms with E-state index >= 15 is 0 Å². The van der Waals surface area contributed by atoms with Gasteiger partial charge in [-0.3, -0.25) is 4.79 Å². The predicted molar refractivity (Wildman–Crippen MR) is 70.7 cm³/mol. The van der Waals surface area contributed by atoms with E-state index < -0.39 is 6.04 Å². The van der Waals surface area contributed by atoms with Crippen LogP contribution in [0, 0.1) is 5.41 Å². The molecule has 4 heteroatoms. The topological polar surface area (TPSA) is 49.6 Å². The quantitative estimate of drug-likeness (QED) is 0.782. The molecule has 17 heavy (non-hydrogen) atoms. The molecule has 1 rings (SSSR count). The number of likely N-dealkylation sites (N-methyl/N-ethyl adjacent to an activating group) is 1. The summed E-state index contributed by atoms with van der Waals surface area (Å²) in [5.74, 6) is 0.101. The minimum absolute atomic E-state index is 0.101. The van der Waals surface area contributed by atoms with Crippen molar-refractivity contribution in [2.75, 3.05) is 27.2 Å². The Morgan fingerprint density at radius 1 is 1.41 bits per heavy atom. The number of carbonyl (C=O) groups is 1. The molecule has 1 fully saturated rings. The minimum Gasteiger partial charge on any atom is -0.340 e. The molecule has 0 aromatic carbocycles. The van der Waals surface area contributed by atoms with Crippen LogP contribution < -0.4 is 5.73 Å². The van der Waals surface area contributed by atoms with Crippen molar-refractivity contribution in [3.8, 4) is 0 Å². The molecule has 0 aliphatic carbocycles. The van der Waals surface area contributed by atoms with E-state index in [1.54, 1.807) is 0 Å². The molecule has 0 bridgehead atoms. The van der Waals surface area contributed by atoms with Crippen LogP contribution in [-0.4, -0.2) is 55.0 Å². The number of nitrogens with zero attached hydrogens (tertiary/aromatic N) is 2. The van der Waals surface area contributed by atoms with Gasteiger partial charge in [0.05, 0.1) is 6.04 Å². The monoisotopic (exact) mass is 241 g/mol. The van der Waals surface area contributed by atoms with E-state index in [4.69, 9.17) is 5.73 Å². The fraction of sp³-hybridized carbons (Fsp3) is 0.923. The van der Waals surface area contributed by atoms with Gasteiger partial charge in [-0.25, -0.2) is 0 Å². The average molecular weight is 241 g/mol. The third-order valence-corrected chi connectivity index (χ3v) is 3.64.